The Kier molecular flexibility index (Phi) is 3.35. The van der Waals surface area contributed by atoms with E-state index in [1.54, 1.807) is 0 Å². The average Bonchev–Trinajstić information content (AvgIpc) is 2.33. The molecular weight excluding hydrogens is 188 g/mol. The lowest BCUT2D eigenvalue weighted by Gasteiger charge is -2.21. The Morgan fingerprint density at radius 3 is 2.31 bits per heavy atom. The van der Waals surface area contributed by atoms with Gasteiger partial charge in [0.1, 0.15) is 9.84 Å². The van der Waals surface area contributed by atoms with Crippen LogP contribution >= 0.6 is 0 Å². The third-order valence-corrected chi connectivity index (χ3v) is 3.72. The molecule has 0 atom stereocenters. The summed E-state index contributed by atoms with van der Waals surface area (Å²) in [5, 5.41) is 9.89. The summed E-state index contributed by atoms with van der Waals surface area (Å²) in [6.45, 7) is 0. The molecule has 1 N–H and O–H groups in total. The zero-order chi connectivity index (χ0) is 9.95. The molecule has 1 saturated carbocycles. The number of rotatable bonds is 4. The van der Waals surface area contributed by atoms with Crippen molar-refractivity contribution in [3.8, 4) is 0 Å². The number of aliphatic hydroxyl groups is 1. The minimum Gasteiger partial charge on any atom is -0.390 e. The van der Waals surface area contributed by atoms with Gasteiger partial charge in [-0.25, -0.2) is 8.42 Å². The predicted molar refractivity (Wildman–Crippen MR) is 52.4 cm³/mol. The van der Waals surface area contributed by atoms with Gasteiger partial charge in [0.25, 0.3) is 0 Å². The van der Waals surface area contributed by atoms with E-state index in [1.807, 2.05) is 0 Å². The Hall–Kier alpha value is -0.0900. The van der Waals surface area contributed by atoms with Crippen LogP contribution in [0.4, 0.5) is 0 Å². The molecule has 0 radical (unpaired) electrons. The first kappa shape index (κ1) is 11.0. The fraction of sp³-hybridized carbons (Fsp3) is 1.00. The highest BCUT2D eigenvalue weighted by atomic mass is 32.2. The summed E-state index contributed by atoms with van der Waals surface area (Å²) < 4.78 is 21.7. The van der Waals surface area contributed by atoms with E-state index < -0.39 is 15.4 Å². The van der Waals surface area contributed by atoms with Crippen LogP contribution in [0.3, 0.4) is 0 Å². The van der Waals surface area contributed by atoms with Crippen LogP contribution in [-0.2, 0) is 9.84 Å². The standard InChI is InChI=1S/C9H18O3S/c1-13(11,12)8-4-7-9(10)5-2-3-6-9/h10H,2-8H2,1H3. The Morgan fingerprint density at radius 1 is 1.31 bits per heavy atom. The maximum Gasteiger partial charge on any atom is 0.147 e. The molecule has 0 heterocycles. The molecule has 0 bridgehead atoms. The van der Waals surface area contributed by atoms with Crippen molar-refractivity contribution in [1.82, 2.24) is 0 Å². The molecule has 4 heteroatoms. The lowest BCUT2D eigenvalue weighted by Crippen LogP contribution is -2.24. The first-order valence-electron chi connectivity index (χ1n) is 4.81. The maximum absolute atomic E-state index is 10.8. The predicted octanol–water partition coefficient (Wildman–Crippen LogP) is 1.12. The van der Waals surface area contributed by atoms with Crippen LogP contribution in [0.5, 0.6) is 0 Å². The van der Waals surface area contributed by atoms with Crippen molar-refractivity contribution in [3.05, 3.63) is 0 Å². The van der Waals surface area contributed by atoms with Gasteiger partial charge < -0.3 is 5.11 Å². The molecule has 13 heavy (non-hydrogen) atoms. The molecule has 3 nitrogen and oxygen atoms in total. The summed E-state index contributed by atoms with van der Waals surface area (Å²) in [4.78, 5) is 0. The molecule has 1 aliphatic rings. The van der Waals surface area contributed by atoms with Crippen molar-refractivity contribution in [2.45, 2.75) is 44.1 Å². The van der Waals surface area contributed by atoms with Gasteiger partial charge in [-0.2, -0.15) is 0 Å². The van der Waals surface area contributed by atoms with Crippen molar-refractivity contribution in [1.29, 1.82) is 0 Å². The van der Waals surface area contributed by atoms with E-state index in [4.69, 9.17) is 0 Å². The number of sulfone groups is 1. The van der Waals surface area contributed by atoms with Crippen LogP contribution in [0.2, 0.25) is 0 Å². The zero-order valence-electron chi connectivity index (χ0n) is 8.12. The summed E-state index contributed by atoms with van der Waals surface area (Å²) in [5.41, 5.74) is -0.551. The summed E-state index contributed by atoms with van der Waals surface area (Å²) in [6.07, 6.45) is 6.32. The fourth-order valence-corrected chi connectivity index (χ4v) is 2.62. The molecule has 1 rings (SSSR count). The number of hydrogen-bond donors (Lipinski definition) is 1. The largest absolute Gasteiger partial charge is 0.390 e. The van der Waals surface area contributed by atoms with Gasteiger partial charge in [-0.15, -0.1) is 0 Å². The van der Waals surface area contributed by atoms with Crippen LogP contribution in [0, 0.1) is 0 Å². The van der Waals surface area contributed by atoms with E-state index in [9.17, 15) is 13.5 Å². The normalized spacial score (nSPS) is 22.0. The van der Waals surface area contributed by atoms with E-state index in [2.05, 4.69) is 0 Å². The van der Waals surface area contributed by atoms with Gasteiger partial charge in [0, 0.05) is 12.0 Å². The molecule has 1 aliphatic carbocycles. The van der Waals surface area contributed by atoms with Gasteiger partial charge in [-0.1, -0.05) is 12.8 Å². The van der Waals surface area contributed by atoms with Gasteiger partial charge in [0.2, 0.25) is 0 Å². The topological polar surface area (TPSA) is 54.4 Å². The smallest absolute Gasteiger partial charge is 0.147 e. The molecule has 0 spiro atoms. The molecule has 0 aromatic heterocycles. The molecule has 0 aliphatic heterocycles. The van der Waals surface area contributed by atoms with Crippen molar-refractivity contribution in [2.75, 3.05) is 12.0 Å². The maximum atomic E-state index is 10.8. The molecule has 0 amide bonds. The summed E-state index contributed by atoms with van der Waals surface area (Å²) in [7, 11) is -2.85. The van der Waals surface area contributed by atoms with Crippen LogP contribution < -0.4 is 0 Å². The average molecular weight is 206 g/mol. The minimum atomic E-state index is -2.85. The quantitative estimate of drug-likeness (QED) is 0.750. The molecule has 1 fully saturated rings. The van der Waals surface area contributed by atoms with Crippen LogP contribution in [0.15, 0.2) is 0 Å². The summed E-state index contributed by atoms with van der Waals surface area (Å²) in [6, 6.07) is 0. The molecular formula is C9H18O3S. The van der Waals surface area contributed by atoms with Gasteiger partial charge in [0.15, 0.2) is 0 Å². The van der Waals surface area contributed by atoms with Crippen molar-refractivity contribution >= 4 is 9.84 Å². The number of hydrogen-bond acceptors (Lipinski definition) is 3. The Labute approximate surface area is 80.1 Å². The first-order valence-corrected chi connectivity index (χ1v) is 6.88. The monoisotopic (exact) mass is 206 g/mol. The fourth-order valence-electron chi connectivity index (χ4n) is 1.95. The third kappa shape index (κ3) is 4.09. The SMILES string of the molecule is CS(=O)(=O)CCCC1(O)CCCC1. The van der Waals surface area contributed by atoms with Crippen LogP contribution in [-0.4, -0.2) is 31.1 Å². The van der Waals surface area contributed by atoms with Crippen molar-refractivity contribution < 1.29 is 13.5 Å². The second-order valence-corrected chi connectivity index (χ2v) is 6.42. The van der Waals surface area contributed by atoms with E-state index in [0.717, 1.165) is 25.7 Å². The molecule has 0 unspecified atom stereocenters. The minimum absolute atomic E-state index is 0.204. The van der Waals surface area contributed by atoms with Gasteiger partial charge in [0.05, 0.1) is 5.60 Å². The highest BCUT2D eigenvalue weighted by molar-refractivity contribution is 7.90. The molecule has 0 saturated heterocycles. The Morgan fingerprint density at radius 2 is 1.85 bits per heavy atom. The second-order valence-electron chi connectivity index (χ2n) is 4.16. The van der Waals surface area contributed by atoms with Crippen molar-refractivity contribution in [3.63, 3.8) is 0 Å². The third-order valence-electron chi connectivity index (χ3n) is 2.69. The van der Waals surface area contributed by atoms with Gasteiger partial charge >= 0.3 is 0 Å². The molecule has 78 valence electrons. The van der Waals surface area contributed by atoms with E-state index >= 15 is 0 Å². The van der Waals surface area contributed by atoms with Crippen molar-refractivity contribution in [2.24, 2.45) is 0 Å². The second kappa shape index (κ2) is 3.96. The summed E-state index contributed by atoms with van der Waals surface area (Å²) in [5.74, 6) is 0.204. The highest BCUT2D eigenvalue weighted by Gasteiger charge is 2.30. The van der Waals surface area contributed by atoms with Gasteiger partial charge in [-0.3, -0.25) is 0 Å². The van der Waals surface area contributed by atoms with Crippen LogP contribution in [0.25, 0.3) is 0 Å². The molecule has 0 aromatic carbocycles. The lowest BCUT2D eigenvalue weighted by molar-refractivity contribution is 0.0383. The molecule has 0 aromatic rings. The van der Waals surface area contributed by atoms with E-state index in [-0.39, 0.29) is 5.75 Å². The van der Waals surface area contributed by atoms with E-state index in [1.165, 1.54) is 6.26 Å². The first-order chi connectivity index (χ1) is 5.91. The zero-order valence-corrected chi connectivity index (χ0v) is 8.94. The summed E-state index contributed by atoms with van der Waals surface area (Å²) >= 11 is 0. The Bertz CT molecular complexity index is 250. The van der Waals surface area contributed by atoms with Gasteiger partial charge in [-0.05, 0) is 25.7 Å². The van der Waals surface area contributed by atoms with Crippen LogP contribution in [0.1, 0.15) is 38.5 Å². The van der Waals surface area contributed by atoms with E-state index in [0.29, 0.717) is 12.8 Å². The highest BCUT2D eigenvalue weighted by Crippen LogP contribution is 2.33. The lowest BCUT2D eigenvalue weighted by atomic mass is 9.97. The Balaban J connectivity index is 2.26.